The average molecular weight is 238 g/mol. The molecule has 0 spiro atoms. The molecule has 0 N–H and O–H groups in total. The second-order valence-corrected chi connectivity index (χ2v) is 4.44. The maximum Gasteiger partial charge on any atom is 0.393 e. The highest BCUT2D eigenvalue weighted by molar-refractivity contribution is 5.87. The van der Waals surface area contributed by atoms with E-state index in [1.807, 2.05) is 38.1 Å². The van der Waals surface area contributed by atoms with Crippen LogP contribution in [0.15, 0.2) is 30.3 Å². The highest BCUT2D eigenvalue weighted by Crippen LogP contribution is 2.28. The summed E-state index contributed by atoms with van der Waals surface area (Å²) in [6.07, 6.45) is -5.03. The van der Waals surface area contributed by atoms with Crippen LogP contribution in [0.4, 0.5) is 13.2 Å². The molecule has 0 fully saturated rings. The van der Waals surface area contributed by atoms with Gasteiger partial charge in [-0.05, 0) is 30.2 Å². The molecule has 0 heterocycles. The van der Waals surface area contributed by atoms with E-state index in [1.165, 1.54) is 0 Å². The zero-order valence-corrected chi connectivity index (χ0v) is 9.73. The second-order valence-electron chi connectivity index (χ2n) is 4.44. The SMILES string of the molecule is Cc1cc(CC(F)(F)F)c2cc(C)ccc2c1. The molecule has 0 atom stereocenters. The zero-order chi connectivity index (χ0) is 12.6. The molecule has 0 aromatic heterocycles. The highest BCUT2D eigenvalue weighted by Gasteiger charge is 2.28. The van der Waals surface area contributed by atoms with Gasteiger partial charge in [-0.25, -0.2) is 0 Å². The topological polar surface area (TPSA) is 0 Å². The number of halogens is 3. The van der Waals surface area contributed by atoms with E-state index >= 15 is 0 Å². The van der Waals surface area contributed by atoms with E-state index in [2.05, 4.69) is 0 Å². The van der Waals surface area contributed by atoms with Crippen LogP contribution in [0, 0.1) is 13.8 Å². The molecule has 0 aliphatic carbocycles. The van der Waals surface area contributed by atoms with Crippen molar-refractivity contribution in [2.24, 2.45) is 0 Å². The number of benzene rings is 2. The summed E-state index contributed by atoms with van der Waals surface area (Å²) in [6, 6.07) is 9.14. The fourth-order valence-corrected chi connectivity index (χ4v) is 2.08. The Morgan fingerprint density at radius 2 is 1.65 bits per heavy atom. The van der Waals surface area contributed by atoms with Gasteiger partial charge in [0.05, 0.1) is 6.42 Å². The molecule has 0 nitrogen and oxygen atoms in total. The van der Waals surface area contributed by atoms with E-state index in [4.69, 9.17) is 0 Å². The van der Waals surface area contributed by atoms with Gasteiger partial charge in [-0.3, -0.25) is 0 Å². The molecule has 2 aromatic carbocycles. The van der Waals surface area contributed by atoms with E-state index in [-0.39, 0.29) is 0 Å². The zero-order valence-electron chi connectivity index (χ0n) is 9.73. The summed E-state index contributed by atoms with van der Waals surface area (Å²) in [6.45, 7) is 3.70. The maximum atomic E-state index is 12.5. The molecule has 2 rings (SSSR count). The molecule has 17 heavy (non-hydrogen) atoms. The lowest BCUT2D eigenvalue weighted by Crippen LogP contribution is -2.12. The van der Waals surface area contributed by atoms with Crippen molar-refractivity contribution in [1.82, 2.24) is 0 Å². The fraction of sp³-hybridized carbons (Fsp3) is 0.286. The monoisotopic (exact) mass is 238 g/mol. The van der Waals surface area contributed by atoms with Gasteiger partial charge in [-0.1, -0.05) is 41.5 Å². The van der Waals surface area contributed by atoms with E-state index in [1.54, 1.807) is 6.07 Å². The number of fused-ring (bicyclic) bond motifs is 1. The number of hydrogen-bond donors (Lipinski definition) is 0. The third kappa shape index (κ3) is 2.78. The highest BCUT2D eigenvalue weighted by atomic mass is 19.4. The van der Waals surface area contributed by atoms with Crippen LogP contribution in [0.3, 0.4) is 0 Å². The Kier molecular flexibility index (Phi) is 2.86. The maximum absolute atomic E-state index is 12.5. The van der Waals surface area contributed by atoms with Gasteiger partial charge < -0.3 is 0 Å². The minimum absolute atomic E-state index is 0.358. The van der Waals surface area contributed by atoms with Gasteiger partial charge in [-0.2, -0.15) is 13.2 Å². The fourth-order valence-electron chi connectivity index (χ4n) is 2.08. The molecule has 0 saturated carbocycles. The van der Waals surface area contributed by atoms with Crippen molar-refractivity contribution in [1.29, 1.82) is 0 Å². The Bertz CT molecular complexity index is 553. The molecule has 0 aliphatic rings. The van der Waals surface area contributed by atoms with Crippen molar-refractivity contribution >= 4 is 10.8 Å². The first-order chi connectivity index (χ1) is 7.85. The lowest BCUT2D eigenvalue weighted by atomic mass is 9.97. The Morgan fingerprint density at radius 1 is 0.941 bits per heavy atom. The van der Waals surface area contributed by atoms with E-state index in [0.29, 0.717) is 10.9 Å². The van der Waals surface area contributed by atoms with Crippen molar-refractivity contribution < 1.29 is 13.2 Å². The molecule has 2 aromatic rings. The summed E-state index contributed by atoms with van der Waals surface area (Å²) in [5.41, 5.74) is 2.20. The van der Waals surface area contributed by atoms with Gasteiger partial charge in [0.15, 0.2) is 0 Å². The molecule has 0 aliphatic heterocycles. The van der Waals surface area contributed by atoms with Crippen molar-refractivity contribution in [3.8, 4) is 0 Å². The number of aryl methyl sites for hydroxylation is 2. The smallest absolute Gasteiger partial charge is 0.171 e. The molecular weight excluding hydrogens is 225 g/mol. The van der Waals surface area contributed by atoms with Crippen LogP contribution in [-0.4, -0.2) is 6.18 Å². The molecule has 3 heteroatoms. The van der Waals surface area contributed by atoms with Gasteiger partial charge in [0.25, 0.3) is 0 Å². The molecule has 0 bridgehead atoms. The van der Waals surface area contributed by atoms with Crippen LogP contribution in [0.25, 0.3) is 10.8 Å². The van der Waals surface area contributed by atoms with E-state index < -0.39 is 12.6 Å². The molecular formula is C14H13F3. The van der Waals surface area contributed by atoms with Crippen LogP contribution >= 0.6 is 0 Å². The molecule has 0 unspecified atom stereocenters. The quantitative estimate of drug-likeness (QED) is 0.683. The summed E-state index contributed by atoms with van der Waals surface area (Å²) in [5.74, 6) is 0. The van der Waals surface area contributed by atoms with Crippen molar-refractivity contribution in [3.63, 3.8) is 0 Å². The Hall–Kier alpha value is -1.51. The van der Waals surface area contributed by atoms with E-state index in [9.17, 15) is 13.2 Å². The molecule has 0 radical (unpaired) electrons. The molecule has 0 saturated heterocycles. The van der Waals surface area contributed by atoms with Crippen molar-refractivity contribution in [3.05, 3.63) is 47.0 Å². The predicted molar refractivity (Wildman–Crippen MR) is 63.2 cm³/mol. The number of alkyl halides is 3. The standard InChI is InChI=1S/C14H13F3/c1-9-3-4-11-5-10(2)6-12(13(11)7-9)8-14(15,16)17/h3-7H,8H2,1-2H3. The van der Waals surface area contributed by atoms with Crippen LogP contribution in [0.5, 0.6) is 0 Å². The van der Waals surface area contributed by atoms with Crippen LogP contribution in [0.2, 0.25) is 0 Å². The third-order valence-corrected chi connectivity index (χ3v) is 2.73. The minimum atomic E-state index is -4.16. The van der Waals surface area contributed by atoms with Gasteiger partial charge >= 0.3 is 6.18 Å². The Labute approximate surface area is 98.1 Å². The van der Waals surface area contributed by atoms with E-state index in [0.717, 1.165) is 16.5 Å². The third-order valence-electron chi connectivity index (χ3n) is 2.73. The van der Waals surface area contributed by atoms with Crippen LogP contribution in [-0.2, 0) is 6.42 Å². The summed E-state index contributed by atoms with van der Waals surface area (Å²) < 4.78 is 37.5. The first-order valence-corrected chi connectivity index (χ1v) is 5.42. The van der Waals surface area contributed by atoms with Crippen LogP contribution in [0.1, 0.15) is 16.7 Å². The number of rotatable bonds is 1. The molecule has 90 valence electrons. The largest absolute Gasteiger partial charge is 0.393 e. The normalized spacial score (nSPS) is 12.1. The summed E-state index contributed by atoms with van der Waals surface area (Å²) in [5, 5.41) is 1.57. The summed E-state index contributed by atoms with van der Waals surface area (Å²) in [4.78, 5) is 0. The Balaban J connectivity index is 2.63. The Morgan fingerprint density at radius 3 is 2.29 bits per heavy atom. The lowest BCUT2D eigenvalue weighted by Gasteiger charge is -2.11. The summed E-state index contributed by atoms with van der Waals surface area (Å²) >= 11 is 0. The van der Waals surface area contributed by atoms with Crippen molar-refractivity contribution in [2.45, 2.75) is 26.4 Å². The van der Waals surface area contributed by atoms with Gasteiger partial charge in [0.2, 0.25) is 0 Å². The summed E-state index contributed by atoms with van der Waals surface area (Å²) in [7, 11) is 0. The number of hydrogen-bond acceptors (Lipinski definition) is 0. The van der Waals surface area contributed by atoms with Crippen LogP contribution < -0.4 is 0 Å². The first-order valence-electron chi connectivity index (χ1n) is 5.42. The molecule has 0 amide bonds. The average Bonchev–Trinajstić information content (AvgIpc) is 2.16. The van der Waals surface area contributed by atoms with Gasteiger partial charge in [0.1, 0.15) is 0 Å². The van der Waals surface area contributed by atoms with Gasteiger partial charge in [0, 0.05) is 0 Å². The minimum Gasteiger partial charge on any atom is -0.171 e. The second kappa shape index (κ2) is 4.06. The van der Waals surface area contributed by atoms with Gasteiger partial charge in [-0.15, -0.1) is 0 Å². The van der Waals surface area contributed by atoms with Crippen molar-refractivity contribution in [2.75, 3.05) is 0 Å². The lowest BCUT2D eigenvalue weighted by molar-refractivity contribution is -0.127. The predicted octanol–water partition coefficient (Wildman–Crippen LogP) is 4.56. The first kappa shape index (κ1) is 12.0.